The van der Waals surface area contributed by atoms with E-state index in [1.807, 2.05) is 54.7 Å². The number of methoxy groups -OCH3 is 2. The molecule has 0 unspecified atom stereocenters. The molecule has 1 N–H and O–H groups in total. The molecule has 0 aliphatic heterocycles. The maximum absolute atomic E-state index is 5.44. The molecule has 1 heterocycles. The van der Waals surface area contributed by atoms with Crippen LogP contribution in [0.25, 0.3) is 22.4 Å². The van der Waals surface area contributed by atoms with Crippen molar-refractivity contribution < 1.29 is 9.47 Å². The molecule has 0 fully saturated rings. The minimum absolute atomic E-state index is 0.813. The van der Waals surface area contributed by atoms with Crippen molar-refractivity contribution in [2.24, 2.45) is 0 Å². The summed E-state index contributed by atoms with van der Waals surface area (Å²) in [4.78, 5) is 0. The molecule has 0 saturated carbocycles. The van der Waals surface area contributed by atoms with Gasteiger partial charge < -0.3 is 9.47 Å². The Kier molecular flexibility index (Phi) is 3.60. The summed E-state index contributed by atoms with van der Waals surface area (Å²) in [6.45, 7) is 0. The molecule has 4 heteroatoms. The summed E-state index contributed by atoms with van der Waals surface area (Å²) in [6.07, 6.45) is 1.81. The standard InChI is InChI=1S/C17H16N2O2/c1-20-13-7-5-6-12(10-13)17-15(11-18-19-17)14-8-3-4-9-16(14)21-2/h3-11H,1-2H3,(H,18,19). The highest BCUT2D eigenvalue weighted by Gasteiger charge is 2.13. The van der Waals surface area contributed by atoms with Crippen LogP contribution in [0.5, 0.6) is 11.5 Å². The Morgan fingerprint density at radius 1 is 0.905 bits per heavy atom. The average molecular weight is 280 g/mol. The molecule has 0 bridgehead atoms. The first kappa shape index (κ1) is 13.2. The van der Waals surface area contributed by atoms with Gasteiger partial charge in [-0.25, -0.2) is 0 Å². The number of aromatic nitrogens is 2. The van der Waals surface area contributed by atoms with Crippen LogP contribution in [-0.4, -0.2) is 24.4 Å². The Hall–Kier alpha value is -2.75. The third kappa shape index (κ3) is 2.48. The molecule has 0 spiro atoms. The maximum atomic E-state index is 5.44. The van der Waals surface area contributed by atoms with Gasteiger partial charge in [0.25, 0.3) is 0 Å². The van der Waals surface area contributed by atoms with Gasteiger partial charge in [-0.2, -0.15) is 5.10 Å². The fraction of sp³-hybridized carbons (Fsp3) is 0.118. The zero-order chi connectivity index (χ0) is 14.7. The van der Waals surface area contributed by atoms with Gasteiger partial charge in [0.1, 0.15) is 11.5 Å². The van der Waals surface area contributed by atoms with Gasteiger partial charge in [0.05, 0.1) is 26.1 Å². The van der Waals surface area contributed by atoms with E-state index in [-0.39, 0.29) is 0 Å². The number of benzene rings is 2. The van der Waals surface area contributed by atoms with E-state index in [1.165, 1.54) is 0 Å². The quantitative estimate of drug-likeness (QED) is 0.791. The number of para-hydroxylation sites is 1. The van der Waals surface area contributed by atoms with Crippen LogP contribution >= 0.6 is 0 Å². The minimum Gasteiger partial charge on any atom is -0.497 e. The second-order valence-electron chi connectivity index (χ2n) is 4.59. The monoisotopic (exact) mass is 280 g/mol. The topological polar surface area (TPSA) is 47.1 Å². The first-order chi connectivity index (χ1) is 10.3. The molecule has 3 rings (SSSR count). The van der Waals surface area contributed by atoms with Crippen LogP contribution in [0, 0.1) is 0 Å². The van der Waals surface area contributed by atoms with Crippen LogP contribution in [0.1, 0.15) is 0 Å². The molecule has 21 heavy (non-hydrogen) atoms. The van der Waals surface area contributed by atoms with Crippen LogP contribution in [0.15, 0.2) is 54.7 Å². The molecule has 3 aromatic rings. The highest BCUT2D eigenvalue weighted by molar-refractivity contribution is 5.83. The zero-order valence-corrected chi connectivity index (χ0v) is 12.0. The Balaban J connectivity index is 2.12. The Morgan fingerprint density at radius 2 is 1.76 bits per heavy atom. The first-order valence-electron chi connectivity index (χ1n) is 6.64. The molecular formula is C17H16N2O2. The fourth-order valence-electron chi connectivity index (χ4n) is 2.36. The van der Waals surface area contributed by atoms with Gasteiger partial charge >= 0.3 is 0 Å². The van der Waals surface area contributed by atoms with Crippen LogP contribution in [0.4, 0.5) is 0 Å². The van der Waals surface area contributed by atoms with Crippen molar-refractivity contribution in [2.45, 2.75) is 0 Å². The van der Waals surface area contributed by atoms with Crippen LogP contribution in [-0.2, 0) is 0 Å². The lowest BCUT2D eigenvalue weighted by Crippen LogP contribution is -1.89. The van der Waals surface area contributed by atoms with Crippen molar-refractivity contribution in [3.05, 3.63) is 54.7 Å². The summed E-state index contributed by atoms with van der Waals surface area (Å²) in [7, 11) is 3.33. The molecule has 1 aromatic heterocycles. The van der Waals surface area contributed by atoms with Gasteiger partial charge in [-0.15, -0.1) is 0 Å². The van der Waals surface area contributed by atoms with Gasteiger partial charge in [0, 0.05) is 16.7 Å². The van der Waals surface area contributed by atoms with E-state index in [4.69, 9.17) is 9.47 Å². The molecule has 0 aliphatic rings. The number of aromatic amines is 1. The van der Waals surface area contributed by atoms with Gasteiger partial charge in [-0.3, -0.25) is 5.10 Å². The third-order valence-electron chi connectivity index (χ3n) is 3.39. The minimum atomic E-state index is 0.813. The normalized spacial score (nSPS) is 10.4. The smallest absolute Gasteiger partial charge is 0.126 e. The van der Waals surface area contributed by atoms with E-state index in [9.17, 15) is 0 Å². The molecule has 0 radical (unpaired) electrons. The summed E-state index contributed by atoms with van der Waals surface area (Å²) >= 11 is 0. The molecule has 0 atom stereocenters. The van der Waals surface area contributed by atoms with Gasteiger partial charge in [0.2, 0.25) is 0 Å². The summed E-state index contributed by atoms with van der Waals surface area (Å²) in [5.74, 6) is 1.64. The van der Waals surface area contributed by atoms with E-state index in [1.54, 1.807) is 14.2 Å². The van der Waals surface area contributed by atoms with Crippen molar-refractivity contribution >= 4 is 0 Å². The van der Waals surface area contributed by atoms with Gasteiger partial charge in [0.15, 0.2) is 0 Å². The Bertz CT molecular complexity index is 750. The number of rotatable bonds is 4. The Labute approximate surface area is 123 Å². The number of hydrogen-bond acceptors (Lipinski definition) is 3. The van der Waals surface area contributed by atoms with Crippen molar-refractivity contribution in [1.82, 2.24) is 10.2 Å². The summed E-state index contributed by atoms with van der Waals surface area (Å²) in [6, 6.07) is 15.8. The van der Waals surface area contributed by atoms with Gasteiger partial charge in [-0.1, -0.05) is 30.3 Å². The van der Waals surface area contributed by atoms with E-state index >= 15 is 0 Å². The predicted molar refractivity (Wildman–Crippen MR) is 82.6 cm³/mol. The Morgan fingerprint density at radius 3 is 2.57 bits per heavy atom. The molecular weight excluding hydrogens is 264 g/mol. The lowest BCUT2D eigenvalue weighted by atomic mass is 10.0. The SMILES string of the molecule is COc1cccc(-c2[nH]ncc2-c2ccccc2OC)c1. The van der Waals surface area contributed by atoms with Crippen molar-refractivity contribution in [1.29, 1.82) is 0 Å². The predicted octanol–water partition coefficient (Wildman–Crippen LogP) is 3.76. The van der Waals surface area contributed by atoms with Crippen molar-refractivity contribution in [3.8, 4) is 33.9 Å². The van der Waals surface area contributed by atoms with E-state index < -0.39 is 0 Å². The van der Waals surface area contributed by atoms with Crippen LogP contribution in [0.2, 0.25) is 0 Å². The molecule has 106 valence electrons. The largest absolute Gasteiger partial charge is 0.497 e. The second kappa shape index (κ2) is 5.71. The zero-order valence-electron chi connectivity index (χ0n) is 12.0. The van der Waals surface area contributed by atoms with E-state index in [0.717, 1.165) is 33.9 Å². The third-order valence-corrected chi connectivity index (χ3v) is 3.39. The van der Waals surface area contributed by atoms with Crippen molar-refractivity contribution in [3.63, 3.8) is 0 Å². The number of ether oxygens (including phenoxy) is 2. The fourth-order valence-corrected chi connectivity index (χ4v) is 2.36. The summed E-state index contributed by atoms with van der Waals surface area (Å²) in [5, 5.41) is 7.25. The summed E-state index contributed by atoms with van der Waals surface area (Å²) < 4.78 is 10.7. The molecule has 0 aliphatic carbocycles. The average Bonchev–Trinajstić information content (AvgIpc) is 3.04. The van der Waals surface area contributed by atoms with E-state index in [2.05, 4.69) is 10.2 Å². The van der Waals surface area contributed by atoms with Crippen molar-refractivity contribution in [2.75, 3.05) is 14.2 Å². The van der Waals surface area contributed by atoms with Crippen LogP contribution in [0.3, 0.4) is 0 Å². The highest BCUT2D eigenvalue weighted by atomic mass is 16.5. The molecule has 0 saturated heterocycles. The highest BCUT2D eigenvalue weighted by Crippen LogP contribution is 2.36. The van der Waals surface area contributed by atoms with Gasteiger partial charge in [-0.05, 0) is 18.2 Å². The second-order valence-corrected chi connectivity index (χ2v) is 4.59. The summed E-state index contributed by atoms with van der Waals surface area (Å²) in [5.41, 5.74) is 3.97. The number of H-pyrrole nitrogens is 1. The lowest BCUT2D eigenvalue weighted by molar-refractivity contribution is 0.415. The number of nitrogens with zero attached hydrogens (tertiary/aromatic N) is 1. The van der Waals surface area contributed by atoms with E-state index in [0.29, 0.717) is 0 Å². The maximum Gasteiger partial charge on any atom is 0.126 e. The molecule has 0 amide bonds. The number of nitrogens with one attached hydrogen (secondary N) is 1. The molecule has 2 aromatic carbocycles. The van der Waals surface area contributed by atoms with Crippen LogP contribution < -0.4 is 9.47 Å². The molecule has 4 nitrogen and oxygen atoms in total. The lowest BCUT2D eigenvalue weighted by Gasteiger charge is -2.09. The first-order valence-corrected chi connectivity index (χ1v) is 6.64. The number of hydrogen-bond donors (Lipinski definition) is 1.